The van der Waals surface area contributed by atoms with Crippen LogP contribution in [0.2, 0.25) is 5.02 Å². The Labute approximate surface area is 144 Å². The summed E-state index contributed by atoms with van der Waals surface area (Å²) >= 11 is 6.22. The van der Waals surface area contributed by atoms with E-state index in [1.165, 1.54) is 7.11 Å². The fourth-order valence-corrected chi connectivity index (χ4v) is 3.25. The minimum atomic E-state index is -1.19. The van der Waals surface area contributed by atoms with Crippen molar-refractivity contribution < 1.29 is 24.5 Å². The first kappa shape index (κ1) is 18.0. The Morgan fingerprint density at radius 3 is 2.04 bits per heavy atom. The van der Waals surface area contributed by atoms with Crippen LogP contribution in [0, 0.1) is 0 Å². The van der Waals surface area contributed by atoms with E-state index in [1.807, 2.05) is 0 Å². The minimum Gasteiger partial charge on any atom is -0.478 e. The number of benzene rings is 1. The SMILES string of the molecule is COCN1C(C)=C(C(=O)O)C(c2ccccc2Cl)C(C(=O)O)=C1C. The van der Waals surface area contributed by atoms with Crippen molar-refractivity contribution in [2.24, 2.45) is 0 Å². The summed E-state index contributed by atoms with van der Waals surface area (Å²) < 4.78 is 5.09. The van der Waals surface area contributed by atoms with Crippen molar-refractivity contribution in [1.82, 2.24) is 4.90 Å². The summed E-state index contributed by atoms with van der Waals surface area (Å²) in [6.07, 6.45) is 0. The Balaban J connectivity index is 2.79. The van der Waals surface area contributed by atoms with Crippen molar-refractivity contribution in [3.05, 3.63) is 57.4 Å². The molecule has 0 fully saturated rings. The number of nitrogens with zero attached hydrogens (tertiary/aromatic N) is 1. The minimum absolute atomic E-state index is 0.0249. The first-order chi connectivity index (χ1) is 11.3. The number of hydrogen-bond donors (Lipinski definition) is 2. The number of carbonyl (C=O) groups is 2. The molecule has 0 radical (unpaired) electrons. The second kappa shape index (κ2) is 7.07. The van der Waals surface area contributed by atoms with Crippen LogP contribution in [0.3, 0.4) is 0 Å². The number of halogens is 1. The Morgan fingerprint density at radius 2 is 1.62 bits per heavy atom. The summed E-state index contributed by atoms with van der Waals surface area (Å²) in [6, 6.07) is 6.67. The van der Waals surface area contributed by atoms with Gasteiger partial charge in [-0.05, 0) is 25.5 Å². The quantitative estimate of drug-likeness (QED) is 0.847. The molecular formula is C17H18ClNO5. The lowest BCUT2D eigenvalue weighted by Gasteiger charge is -2.36. The molecule has 2 rings (SSSR count). The number of carboxylic acid groups (broad SMARTS) is 2. The maximum Gasteiger partial charge on any atom is 0.334 e. The van der Waals surface area contributed by atoms with Crippen LogP contribution in [0.15, 0.2) is 46.8 Å². The van der Waals surface area contributed by atoms with Crippen molar-refractivity contribution in [2.45, 2.75) is 19.8 Å². The van der Waals surface area contributed by atoms with E-state index in [0.29, 0.717) is 22.0 Å². The van der Waals surface area contributed by atoms with Gasteiger partial charge in [-0.1, -0.05) is 29.8 Å². The molecule has 0 atom stereocenters. The lowest BCUT2D eigenvalue weighted by Crippen LogP contribution is -2.35. The topological polar surface area (TPSA) is 87.1 Å². The highest BCUT2D eigenvalue weighted by atomic mass is 35.5. The molecule has 0 saturated heterocycles. The summed E-state index contributed by atoms with van der Waals surface area (Å²) in [5.74, 6) is -3.34. The molecule has 1 heterocycles. The molecule has 0 aromatic heterocycles. The molecule has 0 bridgehead atoms. The van der Waals surface area contributed by atoms with Gasteiger partial charge in [0.2, 0.25) is 0 Å². The predicted octanol–water partition coefficient (Wildman–Crippen LogP) is 3.06. The van der Waals surface area contributed by atoms with Gasteiger partial charge in [0.15, 0.2) is 0 Å². The average molecular weight is 352 g/mol. The van der Waals surface area contributed by atoms with Crippen molar-refractivity contribution in [3.63, 3.8) is 0 Å². The van der Waals surface area contributed by atoms with Crippen molar-refractivity contribution in [3.8, 4) is 0 Å². The molecule has 2 N–H and O–H groups in total. The van der Waals surface area contributed by atoms with Crippen LogP contribution >= 0.6 is 11.6 Å². The number of allylic oxidation sites excluding steroid dienone is 2. The van der Waals surface area contributed by atoms with Gasteiger partial charge in [0.1, 0.15) is 6.73 Å². The standard InChI is InChI=1S/C17H18ClNO5/c1-9-13(16(20)21)15(11-6-4-5-7-12(11)18)14(17(22)23)10(2)19(9)8-24-3/h4-7,15H,8H2,1-3H3,(H,20,21)(H,22,23). The summed E-state index contributed by atoms with van der Waals surface area (Å²) in [5, 5.41) is 19.8. The fourth-order valence-electron chi connectivity index (χ4n) is 3.00. The van der Waals surface area contributed by atoms with Gasteiger partial charge < -0.3 is 19.8 Å². The molecule has 1 aliphatic heterocycles. The monoisotopic (exact) mass is 351 g/mol. The Bertz CT molecular complexity index is 715. The summed E-state index contributed by atoms with van der Waals surface area (Å²) in [4.78, 5) is 25.3. The highest BCUT2D eigenvalue weighted by Gasteiger charge is 2.39. The lowest BCUT2D eigenvalue weighted by atomic mass is 9.80. The normalized spacial score (nSPS) is 15.9. The fraction of sp³-hybridized carbons (Fsp3) is 0.294. The summed E-state index contributed by atoms with van der Waals surface area (Å²) in [5.41, 5.74) is 1.25. The van der Waals surface area contributed by atoms with E-state index >= 15 is 0 Å². The van der Waals surface area contributed by atoms with Crippen LogP contribution in [0.25, 0.3) is 0 Å². The Morgan fingerprint density at radius 1 is 1.12 bits per heavy atom. The molecule has 0 amide bonds. The van der Waals surface area contributed by atoms with Gasteiger partial charge in [-0.25, -0.2) is 9.59 Å². The first-order valence-corrected chi connectivity index (χ1v) is 7.58. The number of aliphatic carboxylic acids is 2. The number of ether oxygens (including phenoxy) is 1. The molecule has 1 aromatic rings. The van der Waals surface area contributed by atoms with Crippen LogP contribution in [0.4, 0.5) is 0 Å². The zero-order valence-corrected chi connectivity index (χ0v) is 14.3. The molecule has 0 spiro atoms. The van der Waals surface area contributed by atoms with Crippen LogP contribution in [0.1, 0.15) is 25.3 Å². The smallest absolute Gasteiger partial charge is 0.334 e. The molecule has 0 aliphatic carbocycles. The molecule has 0 unspecified atom stereocenters. The highest BCUT2D eigenvalue weighted by Crippen LogP contribution is 2.43. The second-order valence-electron chi connectivity index (χ2n) is 5.41. The van der Waals surface area contributed by atoms with Gasteiger partial charge in [0.25, 0.3) is 0 Å². The number of hydrogen-bond acceptors (Lipinski definition) is 4. The molecule has 128 valence electrons. The zero-order chi connectivity index (χ0) is 18.0. The Hall–Kier alpha value is -2.31. The molecule has 6 nitrogen and oxygen atoms in total. The molecule has 24 heavy (non-hydrogen) atoms. The molecule has 1 aliphatic rings. The van der Waals surface area contributed by atoms with E-state index < -0.39 is 17.9 Å². The maximum atomic E-state index is 11.9. The number of rotatable bonds is 5. The average Bonchev–Trinajstić information content (AvgIpc) is 2.50. The number of methoxy groups -OCH3 is 1. The van der Waals surface area contributed by atoms with Crippen LogP contribution < -0.4 is 0 Å². The van der Waals surface area contributed by atoms with Gasteiger partial charge >= 0.3 is 11.9 Å². The van der Waals surface area contributed by atoms with E-state index in [-0.39, 0.29) is 17.9 Å². The molecule has 0 saturated carbocycles. The predicted molar refractivity (Wildman–Crippen MR) is 88.6 cm³/mol. The van der Waals surface area contributed by atoms with Crippen LogP contribution in [-0.4, -0.2) is 40.9 Å². The second-order valence-corrected chi connectivity index (χ2v) is 5.82. The first-order valence-electron chi connectivity index (χ1n) is 7.20. The molecule has 1 aromatic carbocycles. The van der Waals surface area contributed by atoms with Gasteiger partial charge in [0.05, 0.1) is 17.1 Å². The molecular weight excluding hydrogens is 334 g/mol. The van der Waals surface area contributed by atoms with Crippen LogP contribution in [-0.2, 0) is 14.3 Å². The van der Waals surface area contributed by atoms with E-state index in [4.69, 9.17) is 16.3 Å². The zero-order valence-electron chi connectivity index (χ0n) is 13.5. The third kappa shape index (κ3) is 3.02. The van der Waals surface area contributed by atoms with Crippen LogP contribution in [0.5, 0.6) is 0 Å². The largest absolute Gasteiger partial charge is 0.478 e. The van der Waals surface area contributed by atoms with Crippen molar-refractivity contribution in [2.75, 3.05) is 13.8 Å². The molecule has 7 heteroatoms. The summed E-state index contributed by atoms with van der Waals surface area (Å²) in [7, 11) is 1.46. The number of carboxylic acids is 2. The third-order valence-corrected chi connectivity index (χ3v) is 4.45. The third-order valence-electron chi connectivity index (χ3n) is 4.10. The van der Waals surface area contributed by atoms with Gasteiger partial charge in [-0.3, -0.25) is 0 Å². The van der Waals surface area contributed by atoms with Gasteiger partial charge in [0, 0.05) is 23.5 Å². The Kier molecular flexibility index (Phi) is 5.31. The highest BCUT2D eigenvalue weighted by molar-refractivity contribution is 6.31. The van der Waals surface area contributed by atoms with E-state index in [9.17, 15) is 19.8 Å². The maximum absolute atomic E-state index is 11.9. The lowest BCUT2D eigenvalue weighted by molar-refractivity contribution is -0.133. The van der Waals surface area contributed by atoms with E-state index in [0.717, 1.165) is 0 Å². The van der Waals surface area contributed by atoms with Crippen molar-refractivity contribution in [1.29, 1.82) is 0 Å². The van der Waals surface area contributed by atoms with Gasteiger partial charge in [-0.2, -0.15) is 0 Å². The summed E-state index contributed by atoms with van der Waals surface area (Å²) in [6.45, 7) is 3.32. The van der Waals surface area contributed by atoms with Crippen molar-refractivity contribution >= 4 is 23.5 Å². The van der Waals surface area contributed by atoms with E-state index in [2.05, 4.69) is 0 Å². The van der Waals surface area contributed by atoms with Gasteiger partial charge in [-0.15, -0.1) is 0 Å². The van der Waals surface area contributed by atoms with E-state index in [1.54, 1.807) is 43.0 Å².